The van der Waals surface area contributed by atoms with Crippen LogP contribution < -0.4 is 5.32 Å². The summed E-state index contributed by atoms with van der Waals surface area (Å²) in [7, 11) is -3.65. The van der Waals surface area contributed by atoms with E-state index >= 15 is 0 Å². The second-order valence-electron chi connectivity index (χ2n) is 6.75. The lowest BCUT2D eigenvalue weighted by atomic mass is 10.2. The summed E-state index contributed by atoms with van der Waals surface area (Å²) in [6, 6.07) is 14.3. The molecule has 8 heteroatoms. The van der Waals surface area contributed by atoms with Gasteiger partial charge in [-0.15, -0.1) is 0 Å². The minimum absolute atomic E-state index is 0.142. The molecule has 1 aliphatic heterocycles. The Morgan fingerprint density at radius 1 is 1.07 bits per heavy atom. The first-order valence-electron chi connectivity index (χ1n) is 8.87. The Balaban J connectivity index is 1.73. The molecular formula is C20H21N3O4S. The molecule has 0 bridgehead atoms. The van der Waals surface area contributed by atoms with Gasteiger partial charge < -0.3 is 10.1 Å². The highest BCUT2D eigenvalue weighted by Crippen LogP contribution is 2.22. The summed E-state index contributed by atoms with van der Waals surface area (Å²) in [4.78, 5) is 12.5. The molecule has 1 N–H and O–H groups in total. The van der Waals surface area contributed by atoms with Gasteiger partial charge in [0.05, 0.1) is 28.7 Å². The van der Waals surface area contributed by atoms with E-state index in [0.717, 1.165) is 0 Å². The largest absolute Gasteiger partial charge is 0.373 e. The van der Waals surface area contributed by atoms with Crippen LogP contribution in [0.4, 0.5) is 5.69 Å². The monoisotopic (exact) mass is 399 g/mol. The molecular weight excluding hydrogens is 378 g/mol. The van der Waals surface area contributed by atoms with E-state index in [1.807, 2.05) is 19.9 Å². The summed E-state index contributed by atoms with van der Waals surface area (Å²) in [5, 5.41) is 11.5. The number of hydrogen-bond donors (Lipinski definition) is 1. The highest BCUT2D eigenvalue weighted by Gasteiger charge is 2.32. The van der Waals surface area contributed by atoms with Gasteiger partial charge in [0.2, 0.25) is 10.0 Å². The van der Waals surface area contributed by atoms with Crippen LogP contribution in [0.1, 0.15) is 29.8 Å². The fraction of sp³-hybridized carbons (Fsp3) is 0.300. The average molecular weight is 399 g/mol. The lowest BCUT2D eigenvalue weighted by molar-refractivity contribution is -0.0440. The van der Waals surface area contributed by atoms with Crippen LogP contribution in [0.3, 0.4) is 0 Å². The van der Waals surface area contributed by atoms with E-state index in [0.29, 0.717) is 29.9 Å². The molecule has 1 fully saturated rings. The molecule has 3 rings (SSSR count). The van der Waals surface area contributed by atoms with E-state index in [4.69, 9.17) is 10.00 Å². The number of hydrogen-bond acceptors (Lipinski definition) is 5. The number of benzene rings is 2. The van der Waals surface area contributed by atoms with Crippen LogP contribution in [0.25, 0.3) is 0 Å². The van der Waals surface area contributed by atoms with Crippen molar-refractivity contribution in [3.8, 4) is 6.07 Å². The molecule has 0 aliphatic carbocycles. The number of ether oxygens (including phenoxy) is 1. The Labute approximate surface area is 164 Å². The summed E-state index contributed by atoms with van der Waals surface area (Å²) >= 11 is 0. The van der Waals surface area contributed by atoms with Crippen molar-refractivity contribution in [3.05, 3.63) is 59.7 Å². The topological polar surface area (TPSA) is 99.5 Å². The number of morpholine rings is 1. The first kappa shape index (κ1) is 20.0. The van der Waals surface area contributed by atoms with Gasteiger partial charge in [-0.05, 0) is 62.4 Å². The zero-order chi connectivity index (χ0) is 20.3. The van der Waals surface area contributed by atoms with Crippen LogP contribution >= 0.6 is 0 Å². The van der Waals surface area contributed by atoms with Gasteiger partial charge in [-0.2, -0.15) is 9.57 Å². The van der Waals surface area contributed by atoms with Crippen molar-refractivity contribution in [2.24, 2.45) is 0 Å². The molecule has 0 spiro atoms. The average Bonchev–Trinajstić information content (AvgIpc) is 2.68. The van der Waals surface area contributed by atoms with Crippen LogP contribution in [0, 0.1) is 11.3 Å². The van der Waals surface area contributed by atoms with Gasteiger partial charge in [0, 0.05) is 24.3 Å². The number of nitrogens with zero attached hydrogens (tertiary/aromatic N) is 2. The Morgan fingerprint density at radius 3 is 2.18 bits per heavy atom. The van der Waals surface area contributed by atoms with Gasteiger partial charge in [0.1, 0.15) is 0 Å². The summed E-state index contributed by atoms with van der Waals surface area (Å²) in [5.41, 5.74) is 1.39. The molecule has 7 nitrogen and oxygen atoms in total. The molecule has 2 atom stereocenters. The van der Waals surface area contributed by atoms with Crippen molar-refractivity contribution in [3.63, 3.8) is 0 Å². The Bertz CT molecular complexity index is 985. The predicted octanol–water partition coefficient (Wildman–Crippen LogP) is 2.61. The van der Waals surface area contributed by atoms with E-state index < -0.39 is 10.0 Å². The van der Waals surface area contributed by atoms with Gasteiger partial charge >= 0.3 is 0 Å². The Morgan fingerprint density at radius 2 is 1.64 bits per heavy atom. The number of carbonyl (C=O) groups is 1. The van der Waals surface area contributed by atoms with E-state index in [2.05, 4.69) is 5.32 Å². The lowest BCUT2D eigenvalue weighted by Gasteiger charge is -2.34. The summed E-state index contributed by atoms with van der Waals surface area (Å²) < 4.78 is 32.7. The lowest BCUT2D eigenvalue weighted by Crippen LogP contribution is -2.48. The van der Waals surface area contributed by atoms with Crippen molar-refractivity contribution in [2.75, 3.05) is 18.4 Å². The zero-order valence-corrected chi connectivity index (χ0v) is 16.4. The number of carbonyl (C=O) groups excluding carboxylic acids is 1. The van der Waals surface area contributed by atoms with Crippen molar-refractivity contribution >= 4 is 21.6 Å². The fourth-order valence-corrected chi connectivity index (χ4v) is 4.68. The number of nitrogens with one attached hydrogen (secondary N) is 1. The molecule has 1 aliphatic rings. The third kappa shape index (κ3) is 4.39. The van der Waals surface area contributed by atoms with E-state index in [1.54, 1.807) is 24.3 Å². The van der Waals surface area contributed by atoms with Crippen LogP contribution in [0.5, 0.6) is 0 Å². The van der Waals surface area contributed by atoms with Gasteiger partial charge in [0.25, 0.3) is 5.91 Å². The maximum absolute atomic E-state index is 12.9. The molecule has 1 amide bonds. The van der Waals surface area contributed by atoms with E-state index in [9.17, 15) is 13.2 Å². The Kier molecular flexibility index (Phi) is 5.79. The normalized spacial score (nSPS) is 20.3. The van der Waals surface area contributed by atoms with Crippen LogP contribution in [-0.2, 0) is 14.8 Å². The second kappa shape index (κ2) is 8.10. The second-order valence-corrected chi connectivity index (χ2v) is 8.68. The zero-order valence-electron chi connectivity index (χ0n) is 15.6. The third-order valence-corrected chi connectivity index (χ3v) is 6.26. The van der Waals surface area contributed by atoms with Gasteiger partial charge in [0.15, 0.2) is 0 Å². The van der Waals surface area contributed by atoms with Gasteiger partial charge in [-0.3, -0.25) is 4.79 Å². The van der Waals surface area contributed by atoms with Crippen molar-refractivity contribution in [1.29, 1.82) is 5.26 Å². The molecule has 1 heterocycles. The van der Waals surface area contributed by atoms with E-state index in [1.165, 1.54) is 28.6 Å². The minimum Gasteiger partial charge on any atom is -0.373 e. The van der Waals surface area contributed by atoms with E-state index in [-0.39, 0.29) is 23.0 Å². The molecule has 2 aromatic carbocycles. The molecule has 28 heavy (non-hydrogen) atoms. The highest BCUT2D eigenvalue weighted by molar-refractivity contribution is 7.89. The molecule has 0 unspecified atom stereocenters. The number of sulfonamides is 1. The number of anilines is 1. The minimum atomic E-state index is -3.65. The van der Waals surface area contributed by atoms with Crippen LogP contribution in [-0.4, -0.2) is 43.9 Å². The summed E-state index contributed by atoms with van der Waals surface area (Å²) in [5.74, 6) is -0.359. The maximum atomic E-state index is 12.9. The standard InChI is InChI=1S/C20H21N3O4S/c1-14-12-23(13-15(2)27-14)28(25,26)19-9-5-17(6-10-19)20(24)22-18-7-3-16(11-21)4-8-18/h3-10,14-15H,12-13H2,1-2H3,(H,22,24)/t14-,15-/m0/s1. The van der Waals surface area contributed by atoms with Gasteiger partial charge in [-0.1, -0.05) is 0 Å². The fourth-order valence-electron chi connectivity index (χ4n) is 3.09. The smallest absolute Gasteiger partial charge is 0.255 e. The molecule has 2 aromatic rings. The Hall–Kier alpha value is -2.73. The first-order chi connectivity index (χ1) is 13.3. The molecule has 0 radical (unpaired) electrons. The molecule has 146 valence electrons. The third-order valence-electron chi connectivity index (χ3n) is 4.41. The number of rotatable bonds is 4. The summed E-state index contributed by atoms with van der Waals surface area (Å²) in [6.45, 7) is 4.28. The summed E-state index contributed by atoms with van der Waals surface area (Å²) in [6.07, 6.45) is -0.341. The van der Waals surface area contributed by atoms with Crippen molar-refractivity contribution in [1.82, 2.24) is 4.31 Å². The SMILES string of the molecule is C[C@H]1CN(S(=O)(=O)c2ccc(C(=O)Nc3ccc(C#N)cc3)cc2)C[C@H](C)O1. The first-order valence-corrected chi connectivity index (χ1v) is 10.3. The van der Waals surface area contributed by atoms with Gasteiger partial charge in [-0.25, -0.2) is 8.42 Å². The quantitative estimate of drug-likeness (QED) is 0.852. The predicted molar refractivity (Wildman–Crippen MR) is 104 cm³/mol. The van der Waals surface area contributed by atoms with Crippen LogP contribution in [0.15, 0.2) is 53.4 Å². The number of nitriles is 1. The van der Waals surface area contributed by atoms with Crippen LogP contribution in [0.2, 0.25) is 0 Å². The molecule has 1 saturated heterocycles. The number of amides is 1. The highest BCUT2D eigenvalue weighted by atomic mass is 32.2. The van der Waals surface area contributed by atoms with Crippen molar-refractivity contribution in [2.45, 2.75) is 31.0 Å². The maximum Gasteiger partial charge on any atom is 0.255 e. The molecule has 0 aromatic heterocycles. The molecule has 0 saturated carbocycles. The van der Waals surface area contributed by atoms with Crippen molar-refractivity contribution < 1.29 is 17.9 Å².